The summed E-state index contributed by atoms with van der Waals surface area (Å²) in [6.07, 6.45) is 3.84. The minimum atomic E-state index is 0.0593. The van der Waals surface area contributed by atoms with Gasteiger partial charge >= 0.3 is 0 Å². The highest BCUT2D eigenvalue weighted by Gasteiger charge is 2.31. The third kappa shape index (κ3) is 5.33. The monoisotopic (exact) mass is 440 g/mol. The van der Waals surface area contributed by atoms with E-state index >= 15 is 0 Å². The number of aromatic nitrogens is 2. The van der Waals surface area contributed by atoms with E-state index < -0.39 is 0 Å². The van der Waals surface area contributed by atoms with Gasteiger partial charge in [-0.2, -0.15) is 5.10 Å². The lowest BCUT2D eigenvalue weighted by Crippen LogP contribution is -2.42. The molecule has 174 valence electrons. The molecule has 1 aromatic carbocycles. The van der Waals surface area contributed by atoms with Crippen LogP contribution in [0.5, 0.6) is 5.75 Å². The van der Waals surface area contributed by atoms with Gasteiger partial charge in [-0.15, -0.1) is 0 Å². The number of nitrogens with one attached hydrogen (secondary N) is 1. The lowest BCUT2D eigenvalue weighted by Gasteiger charge is -2.28. The Bertz CT molecular complexity index is 918. The molecule has 0 unspecified atom stereocenters. The molecule has 1 aliphatic heterocycles. The molecule has 2 aliphatic rings. The minimum absolute atomic E-state index is 0.0593. The van der Waals surface area contributed by atoms with Crippen LogP contribution in [0.15, 0.2) is 24.3 Å². The Labute approximate surface area is 191 Å². The van der Waals surface area contributed by atoms with Crippen molar-refractivity contribution >= 4 is 5.91 Å². The number of amides is 1. The smallest absolute Gasteiger partial charge is 0.274 e. The zero-order valence-corrected chi connectivity index (χ0v) is 19.6. The van der Waals surface area contributed by atoms with Crippen LogP contribution in [0.1, 0.15) is 47.6 Å². The van der Waals surface area contributed by atoms with Crippen LogP contribution >= 0.6 is 0 Å². The second-order valence-electron chi connectivity index (χ2n) is 9.25. The third-order valence-corrected chi connectivity index (χ3v) is 6.37. The van der Waals surface area contributed by atoms with Gasteiger partial charge in [0.25, 0.3) is 5.91 Å². The van der Waals surface area contributed by atoms with Crippen molar-refractivity contribution in [1.82, 2.24) is 20.0 Å². The van der Waals surface area contributed by atoms with E-state index in [1.165, 1.54) is 11.3 Å². The predicted octanol–water partition coefficient (Wildman–Crippen LogP) is 2.71. The largest absolute Gasteiger partial charge is 0.497 e. The maximum Gasteiger partial charge on any atom is 0.274 e. The number of carbonyl (C=O) groups is 1. The molecule has 2 heterocycles. The fourth-order valence-corrected chi connectivity index (χ4v) is 4.70. The van der Waals surface area contributed by atoms with Crippen molar-refractivity contribution in [2.24, 2.45) is 5.92 Å². The number of ether oxygens (including phenoxy) is 2. The van der Waals surface area contributed by atoms with Crippen molar-refractivity contribution in [3.63, 3.8) is 0 Å². The van der Waals surface area contributed by atoms with E-state index in [4.69, 9.17) is 14.6 Å². The van der Waals surface area contributed by atoms with Crippen LogP contribution in [-0.2, 0) is 30.5 Å². The molecule has 2 aromatic rings. The number of fused-ring (bicyclic) bond motifs is 1. The van der Waals surface area contributed by atoms with E-state index in [9.17, 15) is 4.79 Å². The molecule has 4 rings (SSSR count). The van der Waals surface area contributed by atoms with E-state index in [0.29, 0.717) is 44.0 Å². The first-order valence-electron chi connectivity index (χ1n) is 11.9. The second kappa shape index (κ2) is 10.5. The molecular formula is C25H36N4O3. The summed E-state index contributed by atoms with van der Waals surface area (Å²) in [6, 6.07) is 8.60. The van der Waals surface area contributed by atoms with Crippen LogP contribution in [0.3, 0.4) is 0 Å². The Morgan fingerprint density at radius 1 is 1.31 bits per heavy atom. The minimum Gasteiger partial charge on any atom is -0.497 e. The standard InChI is InChI=1S/C25H36N4O3/c1-18(2)17-29-23-8-7-20(26-10-9-19-5-4-6-21(15-19)31-3)16-22(23)24(27-29)25(30)28-11-13-32-14-12-28/h4-6,15,18,20,26H,7-14,16-17H2,1-3H3/t20-/m1/s1. The van der Waals surface area contributed by atoms with Gasteiger partial charge in [0.05, 0.1) is 20.3 Å². The molecule has 7 heteroatoms. The summed E-state index contributed by atoms with van der Waals surface area (Å²) < 4.78 is 12.9. The molecule has 7 nitrogen and oxygen atoms in total. The van der Waals surface area contributed by atoms with E-state index in [1.807, 2.05) is 17.0 Å². The first-order valence-corrected chi connectivity index (χ1v) is 11.9. The highest BCUT2D eigenvalue weighted by atomic mass is 16.5. The lowest BCUT2D eigenvalue weighted by atomic mass is 9.90. The molecule has 32 heavy (non-hydrogen) atoms. The zero-order chi connectivity index (χ0) is 22.5. The second-order valence-corrected chi connectivity index (χ2v) is 9.25. The van der Waals surface area contributed by atoms with E-state index in [-0.39, 0.29) is 5.91 Å². The van der Waals surface area contributed by atoms with Crippen molar-refractivity contribution in [2.45, 2.75) is 52.1 Å². The molecule has 0 bridgehead atoms. The maximum atomic E-state index is 13.3. The fraction of sp³-hybridized carbons (Fsp3) is 0.600. The van der Waals surface area contributed by atoms with Crippen LogP contribution < -0.4 is 10.1 Å². The third-order valence-electron chi connectivity index (χ3n) is 6.37. The number of carbonyl (C=O) groups excluding carboxylic acids is 1. The lowest BCUT2D eigenvalue weighted by molar-refractivity contribution is 0.0297. The molecule has 1 fully saturated rings. The quantitative estimate of drug-likeness (QED) is 0.684. The molecule has 1 atom stereocenters. The number of rotatable bonds is 8. The van der Waals surface area contributed by atoms with Crippen LogP contribution in [0.4, 0.5) is 0 Å². The van der Waals surface area contributed by atoms with Gasteiger partial charge < -0.3 is 19.7 Å². The van der Waals surface area contributed by atoms with Gasteiger partial charge in [0.2, 0.25) is 0 Å². The molecule has 1 N–H and O–H groups in total. The molecule has 1 aliphatic carbocycles. The number of morpholine rings is 1. The Morgan fingerprint density at radius 3 is 2.88 bits per heavy atom. The Hall–Kier alpha value is -2.38. The van der Waals surface area contributed by atoms with E-state index in [0.717, 1.165) is 50.1 Å². The number of hydrogen-bond acceptors (Lipinski definition) is 5. The van der Waals surface area contributed by atoms with Crippen molar-refractivity contribution < 1.29 is 14.3 Å². The van der Waals surface area contributed by atoms with Gasteiger partial charge in [-0.3, -0.25) is 9.48 Å². The van der Waals surface area contributed by atoms with Crippen molar-refractivity contribution in [3.8, 4) is 5.75 Å². The van der Waals surface area contributed by atoms with E-state index in [2.05, 4.69) is 36.0 Å². The van der Waals surface area contributed by atoms with Gasteiger partial charge in [0, 0.05) is 36.9 Å². The summed E-state index contributed by atoms with van der Waals surface area (Å²) in [4.78, 5) is 15.2. The van der Waals surface area contributed by atoms with Crippen LogP contribution in [-0.4, -0.2) is 66.6 Å². The molecule has 0 radical (unpaired) electrons. The maximum absolute atomic E-state index is 13.3. The number of methoxy groups -OCH3 is 1. The molecule has 1 amide bonds. The number of nitrogens with zero attached hydrogens (tertiary/aromatic N) is 3. The number of benzene rings is 1. The Kier molecular flexibility index (Phi) is 7.48. The summed E-state index contributed by atoms with van der Waals surface area (Å²) in [7, 11) is 1.70. The van der Waals surface area contributed by atoms with Gasteiger partial charge in [0.1, 0.15) is 5.75 Å². The topological polar surface area (TPSA) is 68.6 Å². The van der Waals surface area contributed by atoms with Crippen molar-refractivity contribution in [3.05, 3.63) is 46.8 Å². The summed E-state index contributed by atoms with van der Waals surface area (Å²) >= 11 is 0. The Balaban J connectivity index is 1.45. The van der Waals surface area contributed by atoms with E-state index in [1.54, 1.807) is 7.11 Å². The van der Waals surface area contributed by atoms with Crippen molar-refractivity contribution in [2.75, 3.05) is 40.0 Å². The average Bonchev–Trinajstić information content (AvgIpc) is 3.16. The highest BCUT2D eigenvalue weighted by Crippen LogP contribution is 2.27. The Morgan fingerprint density at radius 2 is 2.12 bits per heavy atom. The van der Waals surface area contributed by atoms with Crippen LogP contribution in [0, 0.1) is 5.92 Å². The van der Waals surface area contributed by atoms with Crippen LogP contribution in [0.2, 0.25) is 0 Å². The molecular weight excluding hydrogens is 404 g/mol. The normalized spacial score (nSPS) is 18.6. The summed E-state index contributed by atoms with van der Waals surface area (Å²) in [5.74, 6) is 1.45. The summed E-state index contributed by atoms with van der Waals surface area (Å²) in [5.41, 5.74) is 4.32. The summed E-state index contributed by atoms with van der Waals surface area (Å²) in [6.45, 7) is 8.66. The molecule has 0 saturated carbocycles. The van der Waals surface area contributed by atoms with Crippen LogP contribution in [0.25, 0.3) is 0 Å². The fourth-order valence-electron chi connectivity index (χ4n) is 4.70. The zero-order valence-electron chi connectivity index (χ0n) is 19.6. The first kappa shape index (κ1) is 22.8. The van der Waals surface area contributed by atoms with Gasteiger partial charge in [0.15, 0.2) is 5.69 Å². The average molecular weight is 441 g/mol. The molecule has 1 saturated heterocycles. The van der Waals surface area contributed by atoms with Crippen molar-refractivity contribution in [1.29, 1.82) is 0 Å². The van der Waals surface area contributed by atoms with Gasteiger partial charge in [-0.05, 0) is 55.8 Å². The SMILES string of the molecule is COc1cccc(CCN[C@@H]2CCc3c(c(C(=O)N4CCOCC4)nn3CC(C)C)C2)c1. The van der Waals surface area contributed by atoms with Gasteiger partial charge in [-0.25, -0.2) is 0 Å². The number of hydrogen-bond donors (Lipinski definition) is 1. The molecule has 1 aromatic heterocycles. The highest BCUT2D eigenvalue weighted by molar-refractivity contribution is 5.94. The van der Waals surface area contributed by atoms with Gasteiger partial charge in [-0.1, -0.05) is 26.0 Å². The first-order chi connectivity index (χ1) is 15.5. The molecule has 0 spiro atoms. The summed E-state index contributed by atoms with van der Waals surface area (Å²) in [5, 5.41) is 8.55. The predicted molar refractivity (Wildman–Crippen MR) is 124 cm³/mol.